The quantitative estimate of drug-likeness (QED) is 0.478. The van der Waals surface area contributed by atoms with Gasteiger partial charge in [-0.15, -0.1) is 11.3 Å². The fourth-order valence-electron chi connectivity index (χ4n) is 2.11. The normalized spacial score (nSPS) is 13.0. The molecular weight excluding hydrogens is 308 g/mol. The molecule has 1 amide bonds. The van der Waals surface area contributed by atoms with Crippen molar-refractivity contribution in [2.75, 3.05) is 19.6 Å². The third-order valence-corrected chi connectivity index (χ3v) is 4.03. The van der Waals surface area contributed by atoms with E-state index in [1.165, 1.54) is 4.88 Å². The van der Waals surface area contributed by atoms with Crippen LogP contribution < -0.4 is 16.0 Å². The van der Waals surface area contributed by atoms with E-state index >= 15 is 0 Å². The molecule has 0 aliphatic heterocycles. The van der Waals surface area contributed by atoms with Crippen LogP contribution in [0.25, 0.3) is 0 Å². The third-order valence-electron chi connectivity index (χ3n) is 3.13. The molecule has 1 aromatic heterocycles. The summed E-state index contributed by atoms with van der Waals surface area (Å²) in [5, 5.41) is 11.4. The van der Waals surface area contributed by atoms with Gasteiger partial charge in [0, 0.05) is 37.0 Å². The Balaban J connectivity index is 2.35. The van der Waals surface area contributed by atoms with Gasteiger partial charge in [-0.1, -0.05) is 13.0 Å². The number of guanidine groups is 1. The van der Waals surface area contributed by atoms with Crippen molar-refractivity contribution in [1.29, 1.82) is 0 Å². The molecule has 0 aliphatic rings. The number of amides is 1. The van der Waals surface area contributed by atoms with Crippen molar-refractivity contribution in [2.45, 2.75) is 46.6 Å². The van der Waals surface area contributed by atoms with Crippen LogP contribution in [0.1, 0.15) is 39.0 Å². The summed E-state index contributed by atoms with van der Waals surface area (Å²) in [6.45, 7) is 10.3. The van der Waals surface area contributed by atoms with Crippen LogP contribution in [0.4, 0.5) is 0 Å². The Morgan fingerprint density at radius 2 is 2.09 bits per heavy atom. The molecule has 5 nitrogen and oxygen atoms in total. The van der Waals surface area contributed by atoms with E-state index < -0.39 is 0 Å². The molecule has 1 aromatic rings. The predicted octanol–water partition coefficient (Wildman–Crippen LogP) is 2.40. The Labute approximate surface area is 144 Å². The minimum Gasteiger partial charge on any atom is -0.357 e. The molecule has 0 aromatic carbocycles. The van der Waals surface area contributed by atoms with Gasteiger partial charge in [0.2, 0.25) is 5.91 Å². The van der Waals surface area contributed by atoms with Crippen LogP contribution in [0.5, 0.6) is 0 Å². The Morgan fingerprint density at radius 3 is 2.70 bits per heavy atom. The van der Waals surface area contributed by atoms with E-state index in [0.717, 1.165) is 25.5 Å². The van der Waals surface area contributed by atoms with Gasteiger partial charge in [0.15, 0.2) is 5.96 Å². The minimum atomic E-state index is 0.0643. The van der Waals surface area contributed by atoms with Crippen LogP contribution in [0.3, 0.4) is 0 Å². The summed E-state index contributed by atoms with van der Waals surface area (Å²) >= 11 is 1.79. The van der Waals surface area contributed by atoms with Crippen LogP contribution >= 0.6 is 11.3 Å². The SMILES string of the molecule is CCNC(=NCC(C)Cc1cccs1)NCCC(=O)NC(C)C. The lowest BCUT2D eigenvalue weighted by Crippen LogP contribution is -2.40. The van der Waals surface area contributed by atoms with Gasteiger partial charge in [0.05, 0.1) is 0 Å². The van der Waals surface area contributed by atoms with Gasteiger partial charge in [0.1, 0.15) is 0 Å². The zero-order valence-corrected chi connectivity index (χ0v) is 15.5. The lowest BCUT2D eigenvalue weighted by molar-refractivity contribution is -0.121. The molecule has 0 spiro atoms. The molecule has 23 heavy (non-hydrogen) atoms. The first-order valence-corrected chi connectivity index (χ1v) is 9.23. The van der Waals surface area contributed by atoms with Crippen molar-refractivity contribution in [1.82, 2.24) is 16.0 Å². The van der Waals surface area contributed by atoms with Gasteiger partial charge < -0.3 is 16.0 Å². The number of nitrogens with zero attached hydrogens (tertiary/aromatic N) is 1. The second-order valence-electron chi connectivity index (χ2n) is 6.01. The number of thiophene rings is 1. The Hall–Kier alpha value is -1.56. The molecule has 1 unspecified atom stereocenters. The molecule has 0 saturated heterocycles. The van der Waals surface area contributed by atoms with Gasteiger partial charge in [-0.2, -0.15) is 0 Å². The minimum absolute atomic E-state index is 0.0643. The smallest absolute Gasteiger partial charge is 0.221 e. The molecule has 6 heteroatoms. The lowest BCUT2D eigenvalue weighted by atomic mass is 10.1. The van der Waals surface area contributed by atoms with Crippen molar-refractivity contribution in [2.24, 2.45) is 10.9 Å². The first-order valence-electron chi connectivity index (χ1n) is 8.35. The Bertz CT molecular complexity index is 471. The van der Waals surface area contributed by atoms with Crippen molar-refractivity contribution < 1.29 is 4.79 Å². The van der Waals surface area contributed by atoms with Crippen molar-refractivity contribution in [3.8, 4) is 0 Å². The molecule has 0 aliphatic carbocycles. The summed E-state index contributed by atoms with van der Waals surface area (Å²) in [5.41, 5.74) is 0. The average molecular weight is 339 g/mol. The van der Waals surface area contributed by atoms with E-state index in [4.69, 9.17) is 0 Å². The fourth-order valence-corrected chi connectivity index (χ4v) is 2.98. The second kappa shape index (κ2) is 11.0. The topological polar surface area (TPSA) is 65.5 Å². The largest absolute Gasteiger partial charge is 0.357 e. The Morgan fingerprint density at radius 1 is 1.30 bits per heavy atom. The van der Waals surface area contributed by atoms with Gasteiger partial charge in [-0.05, 0) is 44.6 Å². The van der Waals surface area contributed by atoms with Gasteiger partial charge in [-0.3, -0.25) is 9.79 Å². The maximum absolute atomic E-state index is 11.6. The number of nitrogens with one attached hydrogen (secondary N) is 3. The monoisotopic (exact) mass is 338 g/mol. The molecule has 0 radical (unpaired) electrons. The van der Waals surface area contributed by atoms with Crippen LogP contribution in [0.2, 0.25) is 0 Å². The number of rotatable bonds is 9. The molecule has 0 saturated carbocycles. The summed E-state index contributed by atoms with van der Waals surface area (Å²) in [7, 11) is 0. The maximum atomic E-state index is 11.6. The summed E-state index contributed by atoms with van der Waals surface area (Å²) in [4.78, 5) is 17.6. The molecule has 1 rings (SSSR count). The summed E-state index contributed by atoms with van der Waals surface area (Å²) in [6, 6.07) is 4.44. The summed E-state index contributed by atoms with van der Waals surface area (Å²) < 4.78 is 0. The zero-order valence-electron chi connectivity index (χ0n) is 14.7. The summed E-state index contributed by atoms with van der Waals surface area (Å²) in [5.74, 6) is 1.34. The van der Waals surface area contributed by atoms with E-state index in [2.05, 4.69) is 45.4 Å². The number of carbonyl (C=O) groups excluding carboxylic acids is 1. The summed E-state index contributed by atoms with van der Waals surface area (Å²) in [6.07, 6.45) is 1.50. The first kappa shape index (κ1) is 19.5. The Kier molecular flexibility index (Phi) is 9.36. The van der Waals surface area contributed by atoms with Crippen LogP contribution in [-0.4, -0.2) is 37.5 Å². The van der Waals surface area contributed by atoms with E-state index in [-0.39, 0.29) is 11.9 Å². The van der Waals surface area contributed by atoms with E-state index in [0.29, 0.717) is 18.9 Å². The predicted molar refractivity (Wildman–Crippen MR) is 99.1 cm³/mol. The van der Waals surface area contributed by atoms with Crippen LogP contribution in [-0.2, 0) is 11.2 Å². The standard InChI is InChI=1S/C17H30N4OS/c1-5-18-17(19-9-8-16(22)21-13(2)3)20-12-14(4)11-15-7-6-10-23-15/h6-7,10,13-14H,5,8-9,11-12H2,1-4H3,(H,21,22)(H2,18,19,20). The third kappa shape index (κ3) is 9.23. The average Bonchev–Trinajstić information content (AvgIpc) is 2.96. The molecule has 3 N–H and O–H groups in total. The van der Waals surface area contributed by atoms with Crippen LogP contribution in [0, 0.1) is 5.92 Å². The lowest BCUT2D eigenvalue weighted by Gasteiger charge is -2.13. The highest BCUT2D eigenvalue weighted by molar-refractivity contribution is 7.09. The number of carbonyl (C=O) groups is 1. The highest BCUT2D eigenvalue weighted by atomic mass is 32.1. The van der Waals surface area contributed by atoms with E-state index in [9.17, 15) is 4.79 Å². The maximum Gasteiger partial charge on any atom is 0.221 e. The molecule has 0 fully saturated rings. The highest BCUT2D eigenvalue weighted by Crippen LogP contribution is 2.14. The molecular formula is C17H30N4OS. The molecule has 0 bridgehead atoms. The molecule has 1 heterocycles. The fraction of sp³-hybridized carbons (Fsp3) is 0.647. The second-order valence-corrected chi connectivity index (χ2v) is 7.04. The van der Waals surface area contributed by atoms with E-state index in [1.807, 2.05) is 20.8 Å². The van der Waals surface area contributed by atoms with Crippen LogP contribution in [0.15, 0.2) is 22.5 Å². The van der Waals surface area contributed by atoms with Gasteiger partial charge in [-0.25, -0.2) is 0 Å². The van der Waals surface area contributed by atoms with Gasteiger partial charge in [0.25, 0.3) is 0 Å². The highest BCUT2D eigenvalue weighted by Gasteiger charge is 2.06. The first-order chi connectivity index (χ1) is 11.0. The van der Waals surface area contributed by atoms with E-state index in [1.54, 1.807) is 11.3 Å². The van der Waals surface area contributed by atoms with Crippen molar-refractivity contribution in [3.05, 3.63) is 22.4 Å². The van der Waals surface area contributed by atoms with Crippen molar-refractivity contribution >= 4 is 23.2 Å². The molecule has 130 valence electrons. The molecule has 1 atom stereocenters. The van der Waals surface area contributed by atoms with Gasteiger partial charge >= 0.3 is 0 Å². The number of hydrogen-bond donors (Lipinski definition) is 3. The number of aliphatic imine (C=N–C) groups is 1. The van der Waals surface area contributed by atoms with Crippen molar-refractivity contribution in [3.63, 3.8) is 0 Å². The number of hydrogen-bond acceptors (Lipinski definition) is 3. The zero-order chi connectivity index (χ0) is 17.1.